The number of carbonyl (C=O) groups is 2. The highest BCUT2D eigenvalue weighted by Gasteiger charge is 2.28. The molecular formula is C20H26N4O3. The Balaban J connectivity index is 1.45. The Morgan fingerprint density at radius 2 is 1.96 bits per heavy atom. The van der Waals surface area contributed by atoms with E-state index >= 15 is 0 Å². The van der Waals surface area contributed by atoms with Crippen LogP contribution in [0.3, 0.4) is 0 Å². The summed E-state index contributed by atoms with van der Waals surface area (Å²) in [6.45, 7) is 2.93. The van der Waals surface area contributed by atoms with Crippen molar-refractivity contribution in [2.24, 2.45) is 7.05 Å². The lowest BCUT2D eigenvalue weighted by molar-refractivity contribution is -0.132. The van der Waals surface area contributed by atoms with Gasteiger partial charge in [0.25, 0.3) is 5.91 Å². The Kier molecular flexibility index (Phi) is 5.01. The number of furan rings is 1. The molecule has 7 heteroatoms. The molecule has 7 nitrogen and oxygen atoms in total. The van der Waals surface area contributed by atoms with E-state index in [-0.39, 0.29) is 11.8 Å². The molecule has 4 heterocycles. The topological polar surface area (TPSA) is 71.6 Å². The smallest absolute Gasteiger partial charge is 0.289 e. The lowest BCUT2D eigenvalue weighted by Gasteiger charge is -2.27. The van der Waals surface area contributed by atoms with Crippen LogP contribution in [0.1, 0.15) is 53.2 Å². The van der Waals surface area contributed by atoms with E-state index in [0.29, 0.717) is 31.7 Å². The van der Waals surface area contributed by atoms with Crippen molar-refractivity contribution in [3.05, 3.63) is 41.1 Å². The highest BCUT2D eigenvalue weighted by Crippen LogP contribution is 2.25. The molecule has 0 bridgehead atoms. The Morgan fingerprint density at radius 1 is 1.15 bits per heavy atom. The number of fused-ring (bicyclic) bond motifs is 1. The van der Waals surface area contributed by atoms with Gasteiger partial charge in [0.05, 0.1) is 12.0 Å². The zero-order valence-electron chi connectivity index (χ0n) is 15.8. The molecule has 2 amide bonds. The third-order valence-corrected chi connectivity index (χ3v) is 5.63. The number of nitrogens with zero attached hydrogens (tertiary/aromatic N) is 4. The standard InChI is InChI=1S/C20H26N4O3/c1-22-17-9-12-24(20(26)18-6-5-13-27-18)14-15(17)16(21-22)7-8-19(25)23-10-3-2-4-11-23/h5-6,13H,2-4,7-12,14H2,1H3. The number of likely N-dealkylation sites (tertiary alicyclic amines) is 1. The predicted molar refractivity (Wildman–Crippen MR) is 99.1 cm³/mol. The predicted octanol–water partition coefficient (Wildman–Crippen LogP) is 2.16. The van der Waals surface area contributed by atoms with E-state index in [1.807, 2.05) is 16.6 Å². The second-order valence-electron chi connectivity index (χ2n) is 7.39. The summed E-state index contributed by atoms with van der Waals surface area (Å²) in [7, 11) is 1.94. The number of aromatic nitrogens is 2. The molecule has 0 aromatic carbocycles. The lowest BCUT2D eigenvalue weighted by atomic mass is 10.0. The minimum absolute atomic E-state index is 0.0927. The molecule has 2 aliphatic heterocycles. The first-order valence-electron chi connectivity index (χ1n) is 9.77. The Morgan fingerprint density at radius 3 is 2.70 bits per heavy atom. The summed E-state index contributed by atoms with van der Waals surface area (Å²) in [4.78, 5) is 28.9. The van der Waals surface area contributed by atoms with Gasteiger partial charge < -0.3 is 14.2 Å². The molecule has 0 atom stereocenters. The van der Waals surface area contributed by atoms with Crippen molar-refractivity contribution in [2.45, 2.75) is 45.1 Å². The van der Waals surface area contributed by atoms with Gasteiger partial charge in [-0.3, -0.25) is 14.3 Å². The molecule has 0 N–H and O–H groups in total. The Bertz CT molecular complexity index is 819. The molecule has 0 spiro atoms. The van der Waals surface area contributed by atoms with E-state index in [0.717, 1.165) is 43.6 Å². The molecule has 0 radical (unpaired) electrons. The molecule has 2 aliphatic rings. The van der Waals surface area contributed by atoms with Gasteiger partial charge in [-0.25, -0.2) is 0 Å². The molecular weight excluding hydrogens is 344 g/mol. The quantitative estimate of drug-likeness (QED) is 0.827. The van der Waals surface area contributed by atoms with E-state index in [1.54, 1.807) is 17.0 Å². The molecule has 0 aliphatic carbocycles. The van der Waals surface area contributed by atoms with E-state index in [2.05, 4.69) is 5.10 Å². The monoisotopic (exact) mass is 370 g/mol. The van der Waals surface area contributed by atoms with Crippen molar-refractivity contribution < 1.29 is 14.0 Å². The van der Waals surface area contributed by atoms with Crippen molar-refractivity contribution in [3.8, 4) is 0 Å². The third-order valence-electron chi connectivity index (χ3n) is 5.63. The van der Waals surface area contributed by atoms with E-state index in [9.17, 15) is 9.59 Å². The molecule has 2 aromatic rings. The average Bonchev–Trinajstić information content (AvgIpc) is 3.34. The molecule has 2 aromatic heterocycles. The normalized spacial score (nSPS) is 17.1. The summed E-state index contributed by atoms with van der Waals surface area (Å²) < 4.78 is 7.16. The first-order valence-corrected chi connectivity index (χ1v) is 9.77. The summed E-state index contributed by atoms with van der Waals surface area (Å²) in [5, 5.41) is 4.65. The van der Waals surface area contributed by atoms with Crippen LogP contribution in [-0.4, -0.2) is 51.0 Å². The van der Waals surface area contributed by atoms with E-state index in [4.69, 9.17) is 4.42 Å². The molecule has 0 saturated carbocycles. The van der Waals surface area contributed by atoms with Crippen LogP contribution in [0.2, 0.25) is 0 Å². The lowest BCUT2D eigenvalue weighted by Crippen LogP contribution is -2.36. The van der Waals surface area contributed by atoms with Gasteiger partial charge in [-0.2, -0.15) is 5.10 Å². The van der Waals surface area contributed by atoms with Gasteiger partial charge in [-0.1, -0.05) is 0 Å². The van der Waals surface area contributed by atoms with Crippen LogP contribution in [0.15, 0.2) is 22.8 Å². The summed E-state index contributed by atoms with van der Waals surface area (Å²) in [5.74, 6) is 0.488. The van der Waals surface area contributed by atoms with Gasteiger partial charge >= 0.3 is 0 Å². The molecule has 27 heavy (non-hydrogen) atoms. The number of aryl methyl sites for hydroxylation is 2. The molecule has 0 unspecified atom stereocenters. The van der Waals surface area contributed by atoms with Crippen molar-refractivity contribution in [3.63, 3.8) is 0 Å². The minimum atomic E-state index is -0.0927. The number of carbonyl (C=O) groups excluding carboxylic acids is 2. The van der Waals surface area contributed by atoms with Crippen molar-refractivity contribution >= 4 is 11.8 Å². The summed E-state index contributed by atoms with van der Waals surface area (Å²) in [6, 6.07) is 3.42. The van der Waals surface area contributed by atoms with Gasteiger partial charge in [0.2, 0.25) is 5.91 Å². The Hall–Kier alpha value is -2.57. The fourth-order valence-corrected chi connectivity index (χ4v) is 4.13. The van der Waals surface area contributed by atoms with Crippen LogP contribution < -0.4 is 0 Å². The highest BCUT2D eigenvalue weighted by atomic mass is 16.3. The molecule has 144 valence electrons. The van der Waals surface area contributed by atoms with E-state index < -0.39 is 0 Å². The number of rotatable bonds is 4. The van der Waals surface area contributed by atoms with Crippen molar-refractivity contribution in [1.82, 2.24) is 19.6 Å². The molecule has 4 rings (SSSR count). The zero-order valence-corrected chi connectivity index (χ0v) is 15.8. The minimum Gasteiger partial charge on any atom is -0.459 e. The van der Waals surface area contributed by atoms with Crippen LogP contribution in [0.5, 0.6) is 0 Å². The van der Waals surface area contributed by atoms with Gasteiger partial charge in [-0.05, 0) is 31.4 Å². The first-order chi connectivity index (χ1) is 13.1. The maximum absolute atomic E-state index is 12.6. The Labute approximate surface area is 158 Å². The fourth-order valence-electron chi connectivity index (χ4n) is 4.13. The number of amides is 2. The largest absolute Gasteiger partial charge is 0.459 e. The second kappa shape index (κ2) is 7.58. The maximum Gasteiger partial charge on any atom is 0.289 e. The summed E-state index contributed by atoms with van der Waals surface area (Å²) in [5.41, 5.74) is 3.20. The average molecular weight is 370 g/mol. The van der Waals surface area contributed by atoms with Crippen LogP contribution >= 0.6 is 0 Å². The number of piperidine rings is 1. The number of hydrogen-bond acceptors (Lipinski definition) is 4. The van der Waals surface area contributed by atoms with Crippen LogP contribution in [0.4, 0.5) is 0 Å². The van der Waals surface area contributed by atoms with Gasteiger partial charge in [-0.15, -0.1) is 0 Å². The van der Waals surface area contributed by atoms with Gasteiger partial charge in [0.1, 0.15) is 0 Å². The number of hydrogen-bond donors (Lipinski definition) is 0. The summed E-state index contributed by atoms with van der Waals surface area (Å²) >= 11 is 0. The second-order valence-corrected chi connectivity index (χ2v) is 7.39. The highest BCUT2D eigenvalue weighted by molar-refractivity contribution is 5.91. The van der Waals surface area contributed by atoms with Crippen molar-refractivity contribution in [1.29, 1.82) is 0 Å². The fraction of sp³-hybridized carbons (Fsp3) is 0.550. The van der Waals surface area contributed by atoms with Gasteiger partial charge in [0.15, 0.2) is 5.76 Å². The maximum atomic E-state index is 12.6. The van der Waals surface area contributed by atoms with Crippen molar-refractivity contribution in [2.75, 3.05) is 19.6 Å². The first kappa shape index (κ1) is 17.8. The van der Waals surface area contributed by atoms with Gasteiger partial charge in [0, 0.05) is 63.7 Å². The third kappa shape index (κ3) is 3.63. The van der Waals surface area contributed by atoms with Crippen LogP contribution in [0, 0.1) is 0 Å². The molecule has 1 saturated heterocycles. The molecule has 1 fully saturated rings. The zero-order chi connectivity index (χ0) is 18.8. The SMILES string of the molecule is Cn1nc(CCC(=O)N2CCCCC2)c2c1CCN(C(=O)c1ccco1)C2. The van der Waals surface area contributed by atoms with E-state index in [1.165, 1.54) is 18.4 Å². The van der Waals surface area contributed by atoms with Crippen LogP contribution in [0.25, 0.3) is 0 Å². The summed E-state index contributed by atoms with van der Waals surface area (Å²) in [6.07, 6.45) is 6.83. The van der Waals surface area contributed by atoms with Crippen LogP contribution in [-0.2, 0) is 31.2 Å².